The molecule has 1 spiro atoms. The van der Waals surface area contributed by atoms with Crippen LogP contribution in [0.15, 0.2) is 30.3 Å². The fourth-order valence-electron chi connectivity index (χ4n) is 5.09. The Hall–Kier alpha value is -1.59. The van der Waals surface area contributed by atoms with Crippen molar-refractivity contribution in [2.45, 2.75) is 56.2 Å². The van der Waals surface area contributed by atoms with Crippen molar-refractivity contribution in [3.63, 3.8) is 0 Å². The van der Waals surface area contributed by atoms with Gasteiger partial charge in [-0.05, 0) is 25.8 Å². The molecule has 1 N–H and O–H groups in total. The van der Waals surface area contributed by atoms with Crippen molar-refractivity contribution in [2.75, 3.05) is 6.54 Å². The van der Waals surface area contributed by atoms with E-state index in [-0.39, 0.29) is 17.8 Å². The maximum absolute atomic E-state index is 12.4. The minimum Gasteiger partial charge on any atom is -0.428 e. The van der Waals surface area contributed by atoms with Crippen molar-refractivity contribution < 1.29 is 9.53 Å². The molecule has 5 fully saturated rings. The molecule has 1 saturated carbocycles. The van der Waals surface area contributed by atoms with E-state index in [0.717, 1.165) is 19.4 Å². The number of ether oxygens (including phenoxy) is 1. The molecule has 6 rings (SSSR count). The van der Waals surface area contributed by atoms with E-state index < -0.39 is 5.72 Å². The van der Waals surface area contributed by atoms with Crippen molar-refractivity contribution in [1.82, 2.24) is 15.1 Å². The van der Waals surface area contributed by atoms with Crippen LogP contribution in [0.1, 0.15) is 38.3 Å². The van der Waals surface area contributed by atoms with Gasteiger partial charge in [0.25, 0.3) is 0 Å². The number of carbonyl (C=O) groups excluding carboxylic acids is 1. The molecule has 5 nitrogen and oxygen atoms in total. The summed E-state index contributed by atoms with van der Waals surface area (Å²) in [5.74, 6) is 0. The van der Waals surface area contributed by atoms with E-state index in [4.69, 9.17) is 4.74 Å². The predicted octanol–water partition coefficient (Wildman–Crippen LogP) is 2.06. The van der Waals surface area contributed by atoms with Crippen molar-refractivity contribution in [3.8, 4) is 0 Å². The highest BCUT2D eigenvalue weighted by molar-refractivity contribution is 5.72. The largest absolute Gasteiger partial charge is 0.428 e. The second-order valence-electron chi connectivity index (χ2n) is 7.47. The molecule has 5 aliphatic rings. The number of hydrogen-bond donors (Lipinski definition) is 1. The fraction of sp³-hybridized carbons (Fsp3) is 0.588. The van der Waals surface area contributed by atoms with Crippen LogP contribution in [0.25, 0.3) is 0 Å². The van der Waals surface area contributed by atoms with E-state index in [1.807, 2.05) is 18.7 Å². The molecule has 1 aromatic carbocycles. The van der Waals surface area contributed by atoms with Gasteiger partial charge in [0.05, 0.1) is 11.7 Å². The Kier molecular flexibility index (Phi) is 2.25. The number of cyclic esters (lactones) is 1. The summed E-state index contributed by atoms with van der Waals surface area (Å²) >= 11 is 0. The zero-order valence-corrected chi connectivity index (χ0v) is 13.0. The van der Waals surface area contributed by atoms with E-state index in [1.165, 1.54) is 5.56 Å². The normalized spacial score (nSPS) is 41.6. The molecule has 1 amide bonds. The third kappa shape index (κ3) is 1.39. The maximum atomic E-state index is 12.4. The first-order chi connectivity index (χ1) is 10.5. The lowest BCUT2D eigenvalue weighted by molar-refractivity contribution is -0.113. The maximum Gasteiger partial charge on any atom is 0.412 e. The standard InChI is InChI=1S/C17H21N3O2/c1-16(2)19-10-13(11-6-4-3-5-7-11)18-17(19)9-12-8-14(17)20(12)15(21)22-16/h3-7,12-14,18H,8-10H2,1-2H3/t12?,13-,14?,17?/m0/s1. The number of rotatable bonds is 1. The zero-order chi connectivity index (χ0) is 15.1. The molecule has 116 valence electrons. The lowest BCUT2D eigenvalue weighted by atomic mass is 9.99. The van der Waals surface area contributed by atoms with Gasteiger partial charge in [-0.1, -0.05) is 30.3 Å². The number of nitrogens with zero attached hydrogens (tertiary/aromatic N) is 2. The highest BCUT2D eigenvalue weighted by Crippen LogP contribution is 2.56. The molecular formula is C17H21N3O2. The highest BCUT2D eigenvalue weighted by Gasteiger charge is 2.71. The molecular weight excluding hydrogens is 278 g/mol. The number of amides is 1. The van der Waals surface area contributed by atoms with Crippen LogP contribution in [0.4, 0.5) is 4.79 Å². The van der Waals surface area contributed by atoms with Crippen LogP contribution in [0, 0.1) is 0 Å². The SMILES string of the molecule is CC1(C)OC(=O)N2C3CC2C2(C3)N[C@H](c3ccccc3)CN12. The van der Waals surface area contributed by atoms with Gasteiger partial charge in [-0.3, -0.25) is 10.2 Å². The van der Waals surface area contributed by atoms with E-state index in [2.05, 4.69) is 40.5 Å². The smallest absolute Gasteiger partial charge is 0.412 e. The van der Waals surface area contributed by atoms with Crippen molar-refractivity contribution >= 4 is 6.09 Å². The Labute approximate surface area is 130 Å². The van der Waals surface area contributed by atoms with Crippen LogP contribution in [0.3, 0.4) is 0 Å². The average Bonchev–Trinajstić information content (AvgIpc) is 3.09. The van der Waals surface area contributed by atoms with Crippen LogP contribution < -0.4 is 5.32 Å². The molecule has 4 bridgehead atoms. The summed E-state index contributed by atoms with van der Waals surface area (Å²) in [4.78, 5) is 16.7. The van der Waals surface area contributed by atoms with Gasteiger partial charge < -0.3 is 4.74 Å². The van der Waals surface area contributed by atoms with Gasteiger partial charge in [-0.25, -0.2) is 9.69 Å². The van der Waals surface area contributed by atoms with Crippen LogP contribution >= 0.6 is 0 Å². The first-order valence-corrected chi connectivity index (χ1v) is 8.13. The topological polar surface area (TPSA) is 44.8 Å². The quantitative estimate of drug-likeness (QED) is 0.862. The summed E-state index contributed by atoms with van der Waals surface area (Å²) in [5, 5.41) is 3.87. The van der Waals surface area contributed by atoms with Crippen LogP contribution in [-0.2, 0) is 4.74 Å². The molecule has 3 unspecified atom stereocenters. The molecule has 4 saturated heterocycles. The minimum atomic E-state index is -0.573. The van der Waals surface area contributed by atoms with E-state index in [0.29, 0.717) is 12.1 Å². The summed E-state index contributed by atoms with van der Waals surface area (Å²) in [5.41, 5.74) is 0.610. The van der Waals surface area contributed by atoms with Crippen molar-refractivity contribution in [2.24, 2.45) is 0 Å². The van der Waals surface area contributed by atoms with Crippen molar-refractivity contribution in [1.29, 1.82) is 0 Å². The first-order valence-electron chi connectivity index (χ1n) is 8.13. The first kappa shape index (κ1) is 12.9. The Balaban J connectivity index is 1.58. The zero-order valence-electron chi connectivity index (χ0n) is 13.0. The number of nitrogens with one attached hydrogen (secondary N) is 1. The summed E-state index contributed by atoms with van der Waals surface area (Å²) in [6.07, 6.45) is 1.96. The van der Waals surface area contributed by atoms with Gasteiger partial charge in [-0.2, -0.15) is 0 Å². The molecule has 0 radical (unpaired) electrons. The lowest BCUT2D eigenvalue weighted by Gasteiger charge is -2.43. The molecule has 4 atom stereocenters. The number of carbonyl (C=O) groups is 1. The van der Waals surface area contributed by atoms with Gasteiger partial charge in [0.1, 0.15) is 0 Å². The van der Waals surface area contributed by atoms with E-state index in [1.54, 1.807) is 0 Å². The number of hydrogen-bond acceptors (Lipinski definition) is 4. The van der Waals surface area contributed by atoms with Crippen LogP contribution in [0.2, 0.25) is 0 Å². The van der Waals surface area contributed by atoms with Gasteiger partial charge in [0.2, 0.25) is 0 Å². The summed E-state index contributed by atoms with van der Waals surface area (Å²) in [6, 6.07) is 11.5. The molecule has 4 aliphatic heterocycles. The van der Waals surface area contributed by atoms with E-state index in [9.17, 15) is 4.79 Å². The fourth-order valence-corrected chi connectivity index (χ4v) is 5.09. The molecule has 5 heteroatoms. The highest BCUT2D eigenvalue weighted by atomic mass is 16.6. The molecule has 1 aliphatic carbocycles. The van der Waals surface area contributed by atoms with Gasteiger partial charge in [-0.15, -0.1) is 0 Å². The number of benzene rings is 1. The molecule has 1 aromatic rings. The summed E-state index contributed by atoms with van der Waals surface area (Å²) < 4.78 is 5.80. The average molecular weight is 299 g/mol. The Bertz CT molecular complexity index is 647. The summed E-state index contributed by atoms with van der Waals surface area (Å²) in [6.45, 7) is 4.91. The third-order valence-electron chi connectivity index (χ3n) is 5.99. The Morgan fingerprint density at radius 3 is 2.82 bits per heavy atom. The lowest BCUT2D eigenvalue weighted by Crippen LogP contribution is -2.63. The third-order valence-corrected chi connectivity index (χ3v) is 5.99. The molecule has 22 heavy (non-hydrogen) atoms. The van der Waals surface area contributed by atoms with Gasteiger partial charge >= 0.3 is 6.09 Å². The Morgan fingerprint density at radius 1 is 1.27 bits per heavy atom. The molecule has 0 aromatic heterocycles. The molecule has 4 heterocycles. The Morgan fingerprint density at radius 2 is 2.05 bits per heavy atom. The van der Waals surface area contributed by atoms with E-state index >= 15 is 0 Å². The predicted molar refractivity (Wildman–Crippen MR) is 81.0 cm³/mol. The van der Waals surface area contributed by atoms with Gasteiger partial charge in [0.15, 0.2) is 5.72 Å². The van der Waals surface area contributed by atoms with Gasteiger partial charge in [0, 0.05) is 25.0 Å². The minimum absolute atomic E-state index is 0.124. The van der Waals surface area contributed by atoms with Crippen LogP contribution in [0.5, 0.6) is 0 Å². The monoisotopic (exact) mass is 299 g/mol. The second kappa shape index (κ2) is 3.84. The summed E-state index contributed by atoms with van der Waals surface area (Å²) in [7, 11) is 0. The van der Waals surface area contributed by atoms with Crippen molar-refractivity contribution in [3.05, 3.63) is 35.9 Å². The van der Waals surface area contributed by atoms with Crippen LogP contribution in [-0.4, -0.2) is 45.9 Å². The second-order valence-corrected chi connectivity index (χ2v) is 7.47.